The molecule has 0 amide bonds. The molecule has 0 aliphatic heterocycles. The van der Waals surface area contributed by atoms with Crippen LogP contribution in [0, 0.1) is 6.92 Å². The summed E-state index contributed by atoms with van der Waals surface area (Å²) in [6, 6.07) is 6.03. The first-order valence-corrected chi connectivity index (χ1v) is 5.64. The number of hydrogen-bond acceptors (Lipinski definition) is 3. The number of aromatic nitrogens is 2. The predicted molar refractivity (Wildman–Crippen MR) is 71.4 cm³/mol. The fourth-order valence-electron chi connectivity index (χ4n) is 1.67. The summed E-state index contributed by atoms with van der Waals surface area (Å²) in [5.41, 5.74) is 6.11. The van der Waals surface area contributed by atoms with E-state index in [0.29, 0.717) is 22.1 Å². The summed E-state index contributed by atoms with van der Waals surface area (Å²) in [6.45, 7) is 1.69. The van der Waals surface area contributed by atoms with E-state index in [1.54, 1.807) is 26.1 Å². The van der Waals surface area contributed by atoms with Crippen LogP contribution in [-0.4, -0.2) is 9.13 Å². The molecule has 0 aliphatic rings. The Balaban J connectivity index is 2.88. The quantitative estimate of drug-likeness (QED) is 0.785. The third kappa shape index (κ3) is 1.93. The summed E-state index contributed by atoms with van der Waals surface area (Å²) in [5, 5.41) is 0.411. The zero-order valence-corrected chi connectivity index (χ0v) is 10.7. The summed E-state index contributed by atoms with van der Waals surface area (Å²) in [7, 11) is 1.59. The summed E-state index contributed by atoms with van der Waals surface area (Å²) in [6.07, 6.45) is 0. The van der Waals surface area contributed by atoms with E-state index in [1.165, 1.54) is 16.7 Å². The summed E-state index contributed by atoms with van der Waals surface area (Å²) in [5.74, 6) is 0. The van der Waals surface area contributed by atoms with Crippen molar-refractivity contribution in [1.82, 2.24) is 9.13 Å². The number of nitrogens with two attached hydrogens (primary N) is 1. The molecule has 6 heteroatoms. The fraction of sp³-hybridized carbons (Fsp3) is 0.167. The molecular formula is C12H12ClN3O2. The molecule has 94 valence electrons. The number of rotatable bonds is 1. The van der Waals surface area contributed by atoms with Gasteiger partial charge in [0.05, 0.1) is 11.4 Å². The molecule has 1 aromatic carbocycles. The largest absolute Gasteiger partial charge is 0.397 e. The van der Waals surface area contributed by atoms with Gasteiger partial charge >= 0.3 is 5.69 Å². The summed E-state index contributed by atoms with van der Waals surface area (Å²) >= 11 is 5.86. The van der Waals surface area contributed by atoms with Crippen LogP contribution < -0.4 is 17.0 Å². The van der Waals surface area contributed by atoms with Gasteiger partial charge in [0.15, 0.2) is 0 Å². The van der Waals surface area contributed by atoms with Crippen molar-refractivity contribution in [3.63, 3.8) is 0 Å². The minimum Gasteiger partial charge on any atom is -0.397 e. The van der Waals surface area contributed by atoms with E-state index in [0.717, 1.165) is 4.57 Å². The molecule has 2 N–H and O–H groups in total. The van der Waals surface area contributed by atoms with Crippen molar-refractivity contribution in [2.24, 2.45) is 7.05 Å². The molecule has 0 aliphatic carbocycles. The second-order valence-electron chi connectivity index (χ2n) is 4.00. The molecule has 2 rings (SSSR count). The van der Waals surface area contributed by atoms with Crippen LogP contribution in [0.25, 0.3) is 5.69 Å². The number of nitrogens with zero attached hydrogens (tertiary/aromatic N) is 2. The molecule has 0 saturated heterocycles. The highest BCUT2D eigenvalue weighted by Crippen LogP contribution is 2.19. The van der Waals surface area contributed by atoms with Crippen LogP contribution in [0.2, 0.25) is 5.02 Å². The van der Waals surface area contributed by atoms with Gasteiger partial charge in [-0.25, -0.2) is 9.36 Å². The van der Waals surface area contributed by atoms with E-state index < -0.39 is 11.2 Å². The minimum atomic E-state index is -0.450. The van der Waals surface area contributed by atoms with Gasteiger partial charge in [0.1, 0.15) is 0 Å². The Morgan fingerprint density at radius 1 is 1.22 bits per heavy atom. The molecule has 18 heavy (non-hydrogen) atoms. The van der Waals surface area contributed by atoms with Gasteiger partial charge in [-0.3, -0.25) is 4.79 Å². The number of hydrogen-bond donors (Lipinski definition) is 1. The first kappa shape index (κ1) is 12.4. The summed E-state index contributed by atoms with van der Waals surface area (Å²) in [4.78, 5) is 24.0. The lowest BCUT2D eigenvalue weighted by molar-refractivity contribution is 0.714. The smallest absolute Gasteiger partial charge is 0.335 e. The highest BCUT2D eigenvalue weighted by atomic mass is 35.5. The first-order chi connectivity index (χ1) is 8.41. The number of aryl methyl sites for hydroxylation is 1. The molecule has 0 spiro atoms. The topological polar surface area (TPSA) is 70.0 Å². The zero-order valence-electron chi connectivity index (χ0n) is 9.98. The molecular weight excluding hydrogens is 254 g/mol. The minimum absolute atomic E-state index is 0.299. The van der Waals surface area contributed by atoms with E-state index >= 15 is 0 Å². The van der Waals surface area contributed by atoms with E-state index in [4.69, 9.17) is 17.3 Å². The monoisotopic (exact) mass is 265 g/mol. The van der Waals surface area contributed by atoms with E-state index in [-0.39, 0.29) is 0 Å². The first-order valence-electron chi connectivity index (χ1n) is 5.27. The van der Waals surface area contributed by atoms with Crippen molar-refractivity contribution in [3.05, 3.63) is 55.8 Å². The Morgan fingerprint density at radius 2 is 1.89 bits per heavy atom. The van der Waals surface area contributed by atoms with Crippen molar-refractivity contribution in [2.75, 3.05) is 5.73 Å². The molecule has 0 radical (unpaired) electrons. The third-order valence-electron chi connectivity index (χ3n) is 2.79. The maximum Gasteiger partial charge on any atom is 0.335 e. The lowest BCUT2D eigenvalue weighted by atomic mass is 10.2. The van der Waals surface area contributed by atoms with Crippen LogP contribution in [0.5, 0.6) is 0 Å². The Morgan fingerprint density at radius 3 is 2.56 bits per heavy atom. The third-order valence-corrected chi connectivity index (χ3v) is 3.03. The fourth-order valence-corrected chi connectivity index (χ4v) is 1.83. The molecule has 2 aromatic rings. The Bertz CT molecular complexity index is 731. The molecule has 0 bridgehead atoms. The number of benzene rings is 1. The van der Waals surface area contributed by atoms with Crippen molar-refractivity contribution in [2.45, 2.75) is 6.92 Å². The average Bonchev–Trinajstić information content (AvgIpc) is 2.31. The number of halogens is 1. The van der Waals surface area contributed by atoms with Crippen molar-refractivity contribution < 1.29 is 0 Å². The highest BCUT2D eigenvalue weighted by molar-refractivity contribution is 6.30. The van der Waals surface area contributed by atoms with Crippen molar-refractivity contribution in [1.29, 1.82) is 0 Å². The van der Waals surface area contributed by atoms with Crippen molar-refractivity contribution in [3.8, 4) is 5.69 Å². The van der Waals surface area contributed by atoms with E-state index in [9.17, 15) is 9.59 Å². The molecule has 0 atom stereocenters. The van der Waals surface area contributed by atoms with Crippen LogP contribution in [0.3, 0.4) is 0 Å². The lowest BCUT2D eigenvalue weighted by Crippen LogP contribution is -2.38. The Kier molecular flexibility index (Phi) is 3.00. The molecule has 0 unspecified atom stereocenters. The molecule has 1 aromatic heterocycles. The molecule has 0 saturated carbocycles. The SMILES string of the molecule is Cc1cc(=O)n(-c2cc(Cl)ccc2N)c(=O)n1C. The molecule has 0 fully saturated rings. The second-order valence-corrected chi connectivity index (χ2v) is 4.44. The summed E-state index contributed by atoms with van der Waals surface area (Å²) < 4.78 is 2.38. The van der Waals surface area contributed by atoms with Gasteiger partial charge in [0.25, 0.3) is 5.56 Å². The van der Waals surface area contributed by atoms with Gasteiger partial charge in [0.2, 0.25) is 0 Å². The Hall–Kier alpha value is -2.01. The predicted octanol–water partition coefficient (Wildman–Crippen LogP) is 1.08. The van der Waals surface area contributed by atoms with E-state index in [1.807, 2.05) is 0 Å². The molecule has 5 nitrogen and oxygen atoms in total. The van der Waals surface area contributed by atoms with Gasteiger partial charge in [-0.05, 0) is 25.1 Å². The van der Waals surface area contributed by atoms with Crippen LogP contribution in [0.1, 0.15) is 5.69 Å². The highest BCUT2D eigenvalue weighted by Gasteiger charge is 2.11. The zero-order chi connectivity index (χ0) is 13.4. The van der Waals surface area contributed by atoms with Crippen molar-refractivity contribution >= 4 is 17.3 Å². The van der Waals surface area contributed by atoms with Crippen LogP contribution in [0.15, 0.2) is 33.9 Å². The van der Waals surface area contributed by atoms with Gasteiger partial charge in [0, 0.05) is 23.8 Å². The number of nitrogen functional groups attached to an aromatic ring is 1. The van der Waals surface area contributed by atoms with Gasteiger partial charge in [-0.2, -0.15) is 0 Å². The van der Waals surface area contributed by atoms with Crippen LogP contribution >= 0.6 is 11.6 Å². The maximum atomic E-state index is 12.1. The molecule has 1 heterocycles. The average molecular weight is 266 g/mol. The Labute approximate surface area is 108 Å². The number of anilines is 1. The van der Waals surface area contributed by atoms with Crippen LogP contribution in [0.4, 0.5) is 5.69 Å². The van der Waals surface area contributed by atoms with E-state index in [2.05, 4.69) is 0 Å². The lowest BCUT2D eigenvalue weighted by Gasteiger charge is -2.11. The van der Waals surface area contributed by atoms with Gasteiger partial charge < -0.3 is 10.3 Å². The second kappa shape index (κ2) is 4.34. The normalized spacial score (nSPS) is 10.6. The maximum absolute atomic E-state index is 12.1. The van der Waals surface area contributed by atoms with Gasteiger partial charge in [-0.1, -0.05) is 11.6 Å². The van der Waals surface area contributed by atoms with Crippen LogP contribution in [-0.2, 0) is 7.05 Å². The van der Waals surface area contributed by atoms with Gasteiger partial charge in [-0.15, -0.1) is 0 Å². The standard InChI is InChI=1S/C12H12ClN3O2/c1-7-5-11(17)16(12(18)15(7)2)10-6-8(13)3-4-9(10)14/h3-6H,14H2,1-2H3.